The summed E-state index contributed by atoms with van der Waals surface area (Å²) < 4.78 is 26.9. The van der Waals surface area contributed by atoms with Crippen LogP contribution in [0.4, 0.5) is 0 Å². The van der Waals surface area contributed by atoms with Gasteiger partial charge in [-0.3, -0.25) is 4.79 Å². The van der Waals surface area contributed by atoms with E-state index >= 15 is 0 Å². The Hall–Kier alpha value is -1.40. The molecular weight excluding hydrogens is 324 g/mol. The summed E-state index contributed by atoms with van der Waals surface area (Å²) in [7, 11) is -3.46. The van der Waals surface area contributed by atoms with Crippen molar-refractivity contribution in [3.63, 3.8) is 0 Å². The van der Waals surface area contributed by atoms with Gasteiger partial charge in [-0.15, -0.1) is 0 Å². The van der Waals surface area contributed by atoms with Crippen molar-refractivity contribution in [2.45, 2.75) is 57.4 Å². The van der Waals surface area contributed by atoms with Gasteiger partial charge in [-0.2, -0.15) is 4.31 Å². The van der Waals surface area contributed by atoms with E-state index < -0.39 is 10.0 Å². The summed E-state index contributed by atoms with van der Waals surface area (Å²) in [5, 5.41) is 2.99. The van der Waals surface area contributed by atoms with Crippen LogP contribution in [0.15, 0.2) is 29.2 Å². The van der Waals surface area contributed by atoms with Crippen LogP contribution in [-0.2, 0) is 21.2 Å². The molecule has 1 aromatic carbocycles. The number of piperidine rings is 1. The Morgan fingerprint density at radius 1 is 1.21 bits per heavy atom. The summed E-state index contributed by atoms with van der Waals surface area (Å²) in [6.07, 6.45) is 2.94. The third-order valence-electron chi connectivity index (χ3n) is 4.80. The molecular formula is C18H28N2O3S. The topological polar surface area (TPSA) is 66.5 Å². The van der Waals surface area contributed by atoms with Crippen molar-refractivity contribution in [3.05, 3.63) is 29.8 Å². The fraction of sp³-hybridized carbons (Fsp3) is 0.611. The van der Waals surface area contributed by atoms with Gasteiger partial charge in [0.1, 0.15) is 0 Å². The summed E-state index contributed by atoms with van der Waals surface area (Å²) in [5.74, 6) is -0.0402. The molecule has 1 fully saturated rings. The molecule has 1 aliphatic heterocycles. The van der Waals surface area contributed by atoms with Crippen LogP contribution in [0.1, 0.15) is 45.6 Å². The molecule has 0 aromatic heterocycles. The van der Waals surface area contributed by atoms with Crippen molar-refractivity contribution in [3.8, 4) is 0 Å². The minimum Gasteiger partial charge on any atom is -0.353 e. The summed E-state index contributed by atoms with van der Waals surface area (Å²) in [5.41, 5.74) is 1.12. The second-order valence-corrected chi connectivity index (χ2v) is 8.43. The van der Waals surface area contributed by atoms with Gasteiger partial charge in [0.15, 0.2) is 0 Å². The zero-order valence-corrected chi connectivity index (χ0v) is 15.6. The average Bonchev–Trinajstić information content (AvgIpc) is 2.61. The van der Waals surface area contributed by atoms with Crippen molar-refractivity contribution in [1.29, 1.82) is 0 Å². The molecule has 0 bridgehead atoms. The molecule has 5 nitrogen and oxygen atoms in total. The molecule has 1 N–H and O–H groups in total. The van der Waals surface area contributed by atoms with Crippen LogP contribution in [0, 0.1) is 5.92 Å². The lowest BCUT2D eigenvalue weighted by Gasteiger charge is -2.31. The van der Waals surface area contributed by atoms with Gasteiger partial charge in [0, 0.05) is 25.0 Å². The van der Waals surface area contributed by atoms with Gasteiger partial charge in [-0.1, -0.05) is 26.0 Å². The Morgan fingerprint density at radius 2 is 1.79 bits per heavy atom. The van der Waals surface area contributed by atoms with Crippen LogP contribution >= 0.6 is 0 Å². The lowest BCUT2D eigenvalue weighted by Crippen LogP contribution is -2.44. The number of benzene rings is 1. The highest BCUT2D eigenvalue weighted by Crippen LogP contribution is 2.24. The first-order valence-corrected chi connectivity index (χ1v) is 10.2. The molecule has 1 saturated heterocycles. The van der Waals surface area contributed by atoms with Crippen LogP contribution in [0.25, 0.3) is 0 Å². The molecule has 1 aliphatic rings. The van der Waals surface area contributed by atoms with Crippen molar-refractivity contribution < 1.29 is 13.2 Å². The highest BCUT2D eigenvalue weighted by Gasteiger charge is 2.32. The Morgan fingerprint density at radius 3 is 2.29 bits per heavy atom. The predicted molar refractivity (Wildman–Crippen MR) is 95.2 cm³/mol. The molecule has 134 valence electrons. The van der Waals surface area contributed by atoms with E-state index in [4.69, 9.17) is 0 Å². The Kier molecular flexibility index (Phi) is 6.40. The summed E-state index contributed by atoms with van der Waals surface area (Å²) >= 11 is 0. The third kappa shape index (κ3) is 4.36. The SMILES string of the molecule is CCc1ccc(S(=O)(=O)N2CCC(C(=O)NC(C)CC)CC2)cc1. The maximum absolute atomic E-state index is 12.7. The molecule has 0 saturated carbocycles. The number of nitrogens with zero attached hydrogens (tertiary/aromatic N) is 1. The van der Waals surface area contributed by atoms with Crippen molar-refractivity contribution in [2.24, 2.45) is 5.92 Å². The molecule has 24 heavy (non-hydrogen) atoms. The number of nitrogens with one attached hydrogen (secondary N) is 1. The van der Waals surface area contributed by atoms with Gasteiger partial charge in [0.25, 0.3) is 0 Å². The molecule has 6 heteroatoms. The zero-order chi connectivity index (χ0) is 17.7. The first kappa shape index (κ1) is 18.9. The minimum atomic E-state index is -3.46. The number of carbonyl (C=O) groups excluding carboxylic acids is 1. The second kappa shape index (κ2) is 8.12. The number of aryl methyl sites for hydroxylation is 1. The first-order valence-electron chi connectivity index (χ1n) is 8.78. The van der Waals surface area contributed by atoms with E-state index in [0.29, 0.717) is 30.8 Å². The summed E-state index contributed by atoms with van der Waals surface area (Å²) in [4.78, 5) is 12.5. The largest absolute Gasteiger partial charge is 0.353 e. The van der Waals surface area contributed by atoms with E-state index in [2.05, 4.69) is 5.32 Å². The number of hydrogen-bond donors (Lipinski definition) is 1. The molecule has 0 aliphatic carbocycles. The van der Waals surface area contributed by atoms with Crippen LogP contribution in [0.5, 0.6) is 0 Å². The van der Waals surface area contributed by atoms with Crippen LogP contribution in [-0.4, -0.2) is 37.8 Å². The van der Waals surface area contributed by atoms with E-state index in [-0.39, 0.29) is 17.9 Å². The fourth-order valence-electron chi connectivity index (χ4n) is 2.87. The van der Waals surface area contributed by atoms with E-state index in [1.54, 1.807) is 12.1 Å². The zero-order valence-electron chi connectivity index (χ0n) is 14.8. The molecule has 1 heterocycles. The van der Waals surface area contributed by atoms with Gasteiger partial charge < -0.3 is 5.32 Å². The van der Waals surface area contributed by atoms with E-state index in [1.165, 1.54) is 4.31 Å². The lowest BCUT2D eigenvalue weighted by atomic mass is 9.97. The monoisotopic (exact) mass is 352 g/mol. The van der Waals surface area contributed by atoms with Gasteiger partial charge in [-0.25, -0.2) is 8.42 Å². The molecule has 1 atom stereocenters. The highest BCUT2D eigenvalue weighted by molar-refractivity contribution is 7.89. The number of amides is 1. The van der Waals surface area contributed by atoms with Gasteiger partial charge in [0.05, 0.1) is 4.90 Å². The first-order chi connectivity index (χ1) is 11.4. The van der Waals surface area contributed by atoms with Crippen LogP contribution < -0.4 is 5.32 Å². The lowest BCUT2D eigenvalue weighted by molar-refractivity contribution is -0.126. The van der Waals surface area contributed by atoms with Crippen LogP contribution in [0.3, 0.4) is 0 Å². The molecule has 1 aromatic rings. The van der Waals surface area contributed by atoms with Crippen molar-refractivity contribution >= 4 is 15.9 Å². The molecule has 0 radical (unpaired) electrons. The molecule has 0 spiro atoms. The Labute approximate surface area is 145 Å². The minimum absolute atomic E-state index is 0.0497. The van der Waals surface area contributed by atoms with Gasteiger partial charge in [0.2, 0.25) is 15.9 Å². The Bertz CT molecular complexity index is 647. The summed E-state index contributed by atoms with van der Waals surface area (Å²) in [6.45, 7) is 6.85. The van der Waals surface area contributed by atoms with Gasteiger partial charge >= 0.3 is 0 Å². The van der Waals surface area contributed by atoms with Crippen LogP contribution in [0.2, 0.25) is 0 Å². The standard InChI is InChI=1S/C18H28N2O3S/c1-4-14(3)19-18(21)16-10-12-20(13-11-16)24(22,23)17-8-6-15(5-2)7-9-17/h6-9,14,16H,4-5,10-13H2,1-3H3,(H,19,21). The Balaban J connectivity index is 1.98. The van der Waals surface area contributed by atoms with E-state index in [1.807, 2.05) is 32.9 Å². The number of sulfonamides is 1. The smallest absolute Gasteiger partial charge is 0.243 e. The predicted octanol–water partition coefficient (Wildman–Crippen LogP) is 2.56. The summed E-state index contributed by atoms with van der Waals surface area (Å²) in [6, 6.07) is 7.24. The third-order valence-corrected chi connectivity index (χ3v) is 6.71. The number of carbonyl (C=O) groups is 1. The number of hydrogen-bond acceptors (Lipinski definition) is 3. The maximum atomic E-state index is 12.7. The van der Waals surface area contributed by atoms with Gasteiger partial charge in [-0.05, 0) is 50.3 Å². The average molecular weight is 353 g/mol. The highest BCUT2D eigenvalue weighted by atomic mass is 32.2. The number of rotatable bonds is 6. The van der Waals surface area contributed by atoms with Crippen molar-refractivity contribution in [1.82, 2.24) is 9.62 Å². The van der Waals surface area contributed by atoms with E-state index in [0.717, 1.165) is 18.4 Å². The molecule has 1 unspecified atom stereocenters. The van der Waals surface area contributed by atoms with E-state index in [9.17, 15) is 13.2 Å². The maximum Gasteiger partial charge on any atom is 0.243 e. The molecule has 2 rings (SSSR count). The molecule has 1 amide bonds. The second-order valence-electron chi connectivity index (χ2n) is 6.49. The fourth-order valence-corrected chi connectivity index (χ4v) is 4.34. The van der Waals surface area contributed by atoms with Crippen molar-refractivity contribution in [2.75, 3.05) is 13.1 Å². The normalized spacial score (nSPS) is 18.3. The quantitative estimate of drug-likeness (QED) is 0.856.